The molecule has 2 aliphatic rings. The summed E-state index contributed by atoms with van der Waals surface area (Å²) in [5, 5.41) is 4.84. The minimum Gasteiger partial charge on any atom is -0.497 e. The summed E-state index contributed by atoms with van der Waals surface area (Å²) in [6, 6.07) is 15.4. The van der Waals surface area contributed by atoms with Crippen LogP contribution in [0, 0.1) is 11.8 Å². The molecule has 1 N–H and O–H groups in total. The largest absolute Gasteiger partial charge is 0.497 e. The number of benzene rings is 2. The van der Waals surface area contributed by atoms with Gasteiger partial charge in [0.05, 0.1) is 19.2 Å². The number of aromatic nitrogens is 1. The van der Waals surface area contributed by atoms with Gasteiger partial charge in [0.1, 0.15) is 17.0 Å². The maximum Gasteiger partial charge on any atom is 0.271 e. The molecule has 234 valence electrons. The maximum atomic E-state index is 14.0. The van der Waals surface area contributed by atoms with Gasteiger partial charge in [0, 0.05) is 42.7 Å². The molecule has 1 saturated heterocycles. The van der Waals surface area contributed by atoms with Crippen LogP contribution in [0.15, 0.2) is 48.5 Å². The van der Waals surface area contributed by atoms with Crippen LogP contribution < -0.4 is 10.1 Å². The summed E-state index contributed by atoms with van der Waals surface area (Å²) < 4.78 is 7.45. The number of hydrogen-bond donors (Lipinski definition) is 1. The van der Waals surface area contributed by atoms with E-state index >= 15 is 0 Å². The molecular formula is C35H49ClN4O3. The third kappa shape index (κ3) is 7.38. The fourth-order valence-electron chi connectivity index (χ4n) is 6.67. The first-order valence-corrected chi connectivity index (χ1v) is 16.3. The van der Waals surface area contributed by atoms with E-state index in [0.29, 0.717) is 42.7 Å². The van der Waals surface area contributed by atoms with Gasteiger partial charge in [-0.15, -0.1) is 0 Å². The van der Waals surface area contributed by atoms with Crippen molar-refractivity contribution in [3.8, 4) is 5.75 Å². The second kappa shape index (κ2) is 14.6. The quantitative estimate of drug-likeness (QED) is 0.261. The summed E-state index contributed by atoms with van der Waals surface area (Å²) in [5.74, 6) is 1.95. The Hall–Kier alpha value is -3.03. The standard InChI is InChI=1S/C33H43ClN4O3.C2H6/c1-5-24-17-23(2)20-36(21-24)15-6-14-35-32(40)33(3)22-37-29-19-28(41-4)12-9-26(29)18-30(37)31(39)38(33)16-13-25-7-10-27(34)11-8-25;1-2/h7-12,18-19,23-24H,5-6,13-17,20-22H2,1-4H3,(H,35,40);1-2H3. The molecular weight excluding hydrogens is 560 g/mol. The molecule has 5 rings (SSSR count). The van der Waals surface area contributed by atoms with Gasteiger partial charge >= 0.3 is 0 Å². The van der Waals surface area contributed by atoms with Crippen molar-refractivity contribution in [3.05, 3.63) is 64.8 Å². The maximum absolute atomic E-state index is 14.0. The van der Waals surface area contributed by atoms with Gasteiger partial charge in [-0.1, -0.05) is 57.8 Å². The Labute approximate surface area is 262 Å². The predicted molar refractivity (Wildman–Crippen MR) is 176 cm³/mol. The van der Waals surface area contributed by atoms with Crippen LogP contribution in [0.4, 0.5) is 0 Å². The summed E-state index contributed by atoms with van der Waals surface area (Å²) in [6.07, 6.45) is 4.05. The van der Waals surface area contributed by atoms with E-state index < -0.39 is 5.54 Å². The first kappa shape index (κ1) is 32.9. The molecule has 3 aromatic rings. The molecule has 1 aromatic heterocycles. The van der Waals surface area contributed by atoms with E-state index in [1.54, 1.807) is 12.0 Å². The fourth-order valence-corrected chi connectivity index (χ4v) is 6.80. The second-order valence-electron chi connectivity index (χ2n) is 12.1. The summed E-state index contributed by atoms with van der Waals surface area (Å²) >= 11 is 6.09. The number of hydrogen-bond acceptors (Lipinski definition) is 4. The van der Waals surface area contributed by atoms with Crippen LogP contribution in [0.25, 0.3) is 10.9 Å². The molecule has 0 bridgehead atoms. The molecule has 3 unspecified atom stereocenters. The Morgan fingerprint density at radius 3 is 2.53 bits per heavy atom. The van der Waals surface area contributed by atoms with Crippen molar-refractivity contribution >= 4 is 34.3 Å². The lowest BCUT2D eigenvalue weighted by Crippen LogP contribution is -2.64. The van der Waals surface area contributed by atoms with Crippen molar-refractivity contribution in [3.63, 3.8) is 0 Å². The smallest absolute Gasteiger partial charge is 0.271 e. The average molecular weight is 609 g/mol. The lowest BCUT2D eigenvalue weighted by atomic mass is 9.89. The number of likely N-dealkylation sites (tertiary alicyclic amines) is 1. The molecule has 2 amide bonds. The first-order chi connectivity index (χ1) is 20.7. The normalized spacial score (nSPS) is 22.1. The molecule has 0 radical (unpaired) electrons. The number of ether oxygens (including phenoxy) is 1. The Balaban J connectivity index is 0.00000207. The van der Waals surface area contributed by atoms with Gasteiger partial charge in [-0.2, -0.15) is 0 Å². The lowest BCUT2D eigenvalue weighted by molar-refractivity contribution is -0.132. The number of halogens is 1. The number of nitrogens with zero attached hydrogens (tertiary/aromatic N) is 3. The van der Waals surface area contributed by atoms with Crippen LogP contribution in [0.3, 0.4) is 0 Å². The van der Waals surface area contributed by atoms with Crippen LogP contribution in [0.1, 0.15) is 69.9 Å². The van der Waals surface area contributed by atoms with Crippen LogP contribution in [-0.4, -0.2) is 71.6 Å². The van der Waals surface area contributed by atoms with E-state index in [-0.39, 0.29) is 11.8 Å². The summed E-state index contributed by atoms with van der Waals surface area (Å²) in [5.41, 5.74) is 1.52. The number of methoxy groups -OCH3 is 1. The second-order valence-corrected chi connectivity index (χ2v) is 12.6. The van der Waals surface area contributed by atoms with Crippen molar-refractivity contribution in [2.75, 3.05) is 39.8 Å². The van der Waals surface area contributed by atoms with E-state index in [4.69, 9.17) is 16.3 Å². The van der Waals surface area contributed by atoms with Crippen molar-refractivity contribution in [2.24, 2.45) is 11.8 Å². The highest BCUT2D eigenvalue weighted by Gasteiger charge is 2.47. The first-order valence-electron chi connectivity index (χ1n) is 16.0. The monoisotopic (exact) mass is 608 g/mol. The third-order valence-electron chi connectivity index (χ3n) is 9.00. The Morgan fingerprint density at radius 1 is 1.09 bits per heavy atom. The molecule has 8 heteroatoms. The molecule has 43 heavy (non-hydrogen) atoms. The summed E-state index contributed by atoms with van der Waals surface area (Å²) in [7, 11) is 1.63. The molecule has 1 fully saturated rings. The highest BCUT2D eigenvalue weighted by molar-refractivity contribution is 6.30. The van der Waals surface area contributed by atoms with E-state index in [1.165, 1.54) is 12.8 Å². The summed E-state index contributed by atoms with van der Waals surface area (Å²) in [6.45, 7) is 15.2. The van der Waals surface area contributed by atoms with Crippen molar-refractivity contribution < 1.29 is 14.3 Å². The number of nitrogens with one attached hydrogen (secondary N) is 1. The zero-order valence-electron chi connectivity index (χ0n) is 26.8. The van der Waals surface area contributed by atoms with Crippen LogP contribution in [0.2, 0.25) is 5.02 Å². The Bertz CT molecular complexity index is 1390. The zero-order chi connectivity index (χ0) is 31.1. The molecule has 0 spiro atoms. The number of carbonyl (C=O) groups is 2. The fraction of sp³-hybridized carbons (Fsp3) is 0.543. The van der Waals surface area contributed by atoms with Crippen molar-refractivity contribution in [1.29, 1.82) is 0 Å². The van der Waals surface area contributed by atoms with Gasteiger partial charge in [-0.3, -0.25) is 9.59 Å². The predicted octanol–water partition coefficient (Wildman–Crippen LogP) is 6.66. The minimum atomic E-state index is -1.04. The molecule has 2 aliphatic heterocycles. The van der Waals surface area contributed by atoms with E-state index in [2.05, 4.69) is 24.1 Å². The number of carbonyl (C=O) groups excluding carboxylic acids is 2. The summed E-state index contributed by atoms with van der Waals surface area (Å²) in [4.78, 5) is 32.3. The van der Waals surface area contributed by atoms with Crippen LogP contribution in [-0.2, 0) is 17.8 Å². The number of fused-ring (bicyclic) bond motifs is 3. The third-order valence-corrected chi connectivity index (χ3v) is 9.25. The van der Waals surface area contributed by atoms with Gasteiger partial charge in [-0.05, 0) is 80.5 Å². The van der Waals surface area contributed by atoms with Gasteiger partial charge in [0.15, 0.2) is 0 Å². The molecule has 2 aromatic carbocycles. The van der Waals surface area contributed by atoms with Crippen LogP contribution >= 0.6 is 11.6 Å². The van der Waals surface area contributed by atoms with Gasteiger partial charge in [-0.25, -0.2) is 0 Å². The number of amides is 2. The molecule has 7 nitrogen and oxygen atoms in total. The van der Waals surface area contributed by atoms with Gasteiger partial charge < -0.3 is 24.4 Å². The molecule has 3 heterocycles. The average Bonchev–Trinajstić information content (AvgIpc) is 3.38. The molecule has 0 saturated carbocycles. The van der Waals surface area contributed by atoms with Crippen molar-refractivity contribution in [1.82, 2.24) is 19.7 Å². The lowest BCUT2D eigenvalue weighted by Gasteiger charge is -2.44. The number of piperidine rings is 1. The minimum absolute atomic E-state index is 0.115. The Morgan fingerprint density at radius 2 is 1.84 bits per heavy atom. The van der Waals surface area contributed by atoms with E-state index in [0.717, 1.165) is 54.2 Å². The van der Waals surface area contributed by atoms with Crippen molar-refractivity contribution in [2.45, 2.75) is 72.4 Å². The molecule has 0 aliphatic carbocycles. The Kier molecular flexibility index (Phi) is 11.2. The zero-order valence-corrected chi connectivity index (χ0v) is 27.5. The highest BCUT2D eigenvalue weighted by Crippen LogP contribution is 2.34. The molecule has 3 atom stereocenters. The van der Waals surface area contributed by atoms with Crippen LogP contribution in [0.5, 0.6) is 5.75 Å². The van der Waals surface area contributed by atoms with Gasteiger partial charge in [0.25, 0.3) is 5.91 Å². The number of rotatable bonds is 10. The van der Waals surface area contributed by atoms with Gasteiger partial charge in [0.2, 0.25) is 5.91 Å². The van der Waals surface area contributed by atoms with E-state index in [1.807, 2.05) is 73.9 Å². The van der Waals surface area contributed by atoms with E-state index in [9.17, 15) is 9.59 Å². The topological polar surface area (TPSA) is 66.8 Å². The SMILES string of the molecule is CC.CCC1CC(C)CN(CCCNC(=O)C2(C)Cn3c(cc4ccc(OC)cc43)C(=O)N2CCc2ccc(Cl)cc2)C1. The highest BCUT2D eigenvalue weighted by atomic mass is 35.5.